The molecule has 0 spiro atoms. The fourth-order valence-corrected chi connectivity index (χ4v) is 10.4. The van der Waals surface area contributed by atoms with Gasteiger partial charge in [0.05, 0.1) is 66.1 Å². The quantitative estimate of drug-likeness (QED) is 0.0195. The van der Waals surface area contributed by atoms with Crippen LogP contribution >= 0.6 is 23.2 Å². The highest BCUT2D eigenvalue weighted by molar-refractivity contribution is 6.17. The standard InChI is InChI=1S/2C20H22ClFO2.2C20H23FO3/c2*1-5-20(2,3)19(23)17-10-13(12-21)6-8-15(17)16-11-14(24-4)7-9-18(16)22;2*1-5-20(2,3)19(23)17-10-13(12-22)6-8-15(17)16-11-14(24-4)7-9-18(16)21/h2*5-11,19,23H,1,12H2,2-4H3;2*5-11,19,22-23H,1,12H2,2-4H3/t4*19-/m1010/s1. The Labute approximate surface area is 573 Å². The molecule has 8 rings (SSSR count). The first-order chi connectivity index (χ1) is 45.3. The maximum Gasteiger partial charge on any atom is 0.131 e. The van der Waals surface area contributed by atoms with Gasteiger partial charge in [-0.3, -0.25) is 0 Å². The largest absolute Gasteiger partial charge is 0.497 e. The lowest BCUT2D eigenvalue weighted by atomic mass is 9.79. The highest BCUT2D eigenvalue weighted by Gasteiger charge is 2.33. The van der Waals surface area contributed by atoms with Crippen LogP contribution in [0.3, 0.4) is 0 Å². The molecule has 0 aliphatic rings. The number of hydrogen-bond acceptors (Lipinski definition) is 10. The predicted octanol–water partition coefficient (Wildman–Crippen LogP) is 19.4. The molecule has 512 valence electrons. The zero-order valence-corrected chi connectivity index (χ0v) is 58.2. The van der Waals surface area contributed by atoms with Crippen molar-refractivity contribution in [2.45, 2.75) is 105 Å². The van der Waals surface area contributed by atoms with Gasteiger partial charge in [-0.25, -0.2) is 17.6 Å². The molecule has 96 heavy (non-hydrogen) atoms. The van der Waals surface area contributed by atoms with Crippen LogP contribution in [0.4, 0.5) is 17.6 Å². The number of hydrogen-bond donors (Lipinski definition) is 6. The first-order valence-electron chi connectivity index (χ1n) is 30.8. The molecule has 8 aromatic carbocycles. The molecule has 0 radical (unpaired) electrons. The van der Waals surface area contributed by atoms with Crippen LogP contribution in [0.5, 0.6) is 23.0 Å². The summed E-state index contributed by atoms with van der Waals surface area (Å²) in [6.07, 6.45) is 3.21. The Hall–Kier alpha value is -8.02. The summed E-state index contributed by atoms with van der Waals surface area (Å²) in [6, 6.07) is 39.2. The van der Waals surface area contributed by atoms with Crippen LogP contribution < -0.4 is 18.9 Å². The van der Waals surface area contributed by atoms with Crippen LogP contribution in [0.15, 0.2) is 196 Å². The molecule has 0 amide bonds. The maximum atomic E-state index is 14.4. The predicted molar refractivity (Wildman–Crippen MR) is 380 cm³/mol. The fraction of sp³-hybridized carbons (Fsp3) is 0.300. The van der Waals surface area contributed by atoms with Gasteiger partial charge < -0.3 is 49.6 Å². The summed E-state index contributed by atoms with van der Waals surface area (Å²) in [7, 11) is 6.10. The Balaban J connectivity index is 0.000000231. The average molecular weight is 1360 g/mol. The van der Waals surface area contributed by atoms with Gasteiger partial charge in [-0.05, 0) is 140 Å². The molecular weight excluding hydrogens is 1270 g/mol. The number of rotatable bonds is 24. The van der Waals surface area contributed by atoms with Gasteiger partial charge in [0.25, 0.3) is 0 Å². The first-order valence-corrected chi connectivity index (χ1v) is 31.9. The van der Waals surface area contributed by atoms with Crippen LogP contribution in [-0.4, -0.2) is 59.1 Å². The normalized spacial score (nSPS) is 12.8. The third-order valence-electron chi connectivity index (χ3n) is 17.1. The highest BCUT2D eigenvalue weighted by atomic mass is 35.5. The Kier molecular flexibility index (Phi) is 28.5. The van der Waals surface area contributed by atoms with Crippen molar-refractivity contribution in [1.29, 1.82) is 0 Å². The summed E-state index contributed by atoms with van der Waals surface area (Å²) in [6.45, 7) is 29.7. The molecule has 8 aromatic rings. The van der Waals surface area contributed by atoms with Crippen molar-refractivity contribution in [2.75, 3.05) is 28.4 Å². The van der Waals surface area contributed by atoms with Gasteiger partial charge in [-0.2, -0.15) is 0 Å². The van der Waals surface area contributed by atoms with Crippen molar-refractivity contribution in [3.05, 3.63) is 264 Å². The van der Waals surface area contributed by atoms with Crippen molar-refractivity contribution in [1.82, 2.24) is 0 Å². The fourth-order valence-electron chi connectivity index (χ4n) is 10.1. The lowest BCUT2D eigenvalue weighted by molar-refractivity contribution is 0.0825. The molecule has 0 aromatic heterocycles. The molecule has 16 heteroatoms. The van der Waals surface area contributed by atoms with E-state index in [4.69, 9.17) is 42.1 Å². The number of methoxy groups -OCH3 is 4. The number of aliphatic hydroxyl groups excluding tert-OH is 6. The van der Waals surface area contributed by atoms with E-state index in [1.54, 1.807) is 121 Å². The van der Waals surface area contributed by atoms with E-state index in [2.05, 4.69) is 26.3 Å². The van der Waals surface area contributed by atoms with E-state index in [1.807, 2.05) is 79.7 Å². The topological polar surface area (TPSA) is 158 Å². The van der Waals surface area contributed by atoms with Crippen LogP contribution in [0.1, 0.15) is 124 Å². The monoisotopic (exact) mass is 1360 g/mol. The zero-order chi connectivity index (χ0) is 71.6. The van der Waals surface area contributed by atoms with Gasteiger partial charge in [-0.1, -0.05) is 152 Å². The van der Waals surface area contributed by atoms with E-state index in [0.29, 0.717) is 113 Å². The van der Waals surface area contributed by atoms with Crippen molar-refractivity contribution < 1.29 is 67.1 Å². The van der Waals surface area contributed by atoms with E-state index in [-0.39, 0.29) is 24.8 Å². The minimum absolute atomic E-state index is 0.158. The van der Waals surface area contributed by atoms with Gasteiger partial charge in [0.15, 0.2) is 0 Å². The Morgan fingerprint density at radius 3 is 0.708 bits per heavy atom. The summed E-state index contributed by atoms with van der Waals surface area (Å²) in [5.41, 5.74) is 6.74. The number of alkyl halides is 2. The number of aliphatic hydroxyl groups is 6. The molecular formula is C80H90Cl2F4O10. The molecule has 6 N–H and O–H groups in total. The van der Waals surface area contributed by atoms with Crippen LogP contribution in [-0.2, 0) is 25.0 Å². The molecule has 0 aliphatic carbocycles. The Bertz CT molecular complexity index is 3470. The third-order valence-corrected chi connectivity index (χ3v) is 17.7. The molecule has 0 aliphatic heterocycles. The van der Waals surface area contributed by atoms with Crippen LogP contribution in [0.2, 0.25) is 0 Å². The van der Waals surface area contributed by atoms with Crippen LogP contribution in [0.25, 0.3) is 44.5 Å². The highest BCUT2D eigenvalue weighted by Crippen LogP contribution is 2.46. The lowest BCUT2D eigenvalue weighted by Gasteiger charge is -2.29. The van der Waals surface area contributed by atoms with Gasteiger partial charge >= 0.3 is 0 Å². The second-order valence-corrected chi connectivity index (χ2v) is 25.9. The summed E-state index contributed by atoms with van der Waals surface area (Å²) in [4.78, 5) is 0. The molecule has 0 unspecified atom stereocenters. The van der Waals surface area contributed by atoms with E-state index in [0.717, 1.165) is 11.1 Å². The molecule has 0 fully saturated rings. The van der Waals surface area contributed by atoms with Crippen molar-refractivity contribution >= 4 is 23.2 Å². The van der Waals surface area contributed by atoms with E-state index in [1.165, 1.54) is 52.7 Å². The van der Waals surface area contributed by atoms with E-state index in [9.17, 15) is 48.2 Å². The molecule has 0 heterocycles. The molecule has 0 saturated carbocycles. The number of benzene rings is 8. The van der Waals surface area contributed by atoms with E-state index < -0.39 is 57.7 Å². The second-order valence-electron chi connectivity index (χ2n) is 25.4. The third kappa shape index (κ3) is 19.2. The van der Waals surface area contributed by atoms with Crippen molar-refractivity contribution in [3.8, 4) is 67.5 Å². The molecule has 4 atom stereocenters. The van der Waals surface area contributed by atoms with Crippen molar-refractivity contribution in [2.24, 2.45) is 21.7 Å². The Morgan fingerprint density at radius 1 is 0.333 bits per heavy atom. The van der Waals surface area contributed by atoms with Gasteiger partial charge in [-0.15, -0.1) is 49.5 Å². The minimum atomic E-state index is -0.901. The Morgan fingerprint density at radius 2 is 0.531 bits per heavy atom. The van der Waals surface area contributed by atoms with Gasteiger partial charge in [0.2, 0.25) is 0 Å². The van der Waals surface area contributed by atoms with Gasteiger partial charge in [0.1, 0.15) is 46.3 Å². The van der Waals surface area contributed by atoms with E-state index >= 15 is 0 Å². The van der Waals surface area contributed by atoms with Gasteiger partial charge in [0, 0.05) is 55.7 Å². The number of halogens is 6. The second kappa shape index (κ2) is 34.8. The lowest BCUT2D eigenvalue weighted by Crippen LogP contribution is -2.20. The summed E-state index contributed by atoms with van der Waals surface area (Å²) in [5, 5.41) is 62.2. The van der Waals surface area contributed by atoms with Crippen molar-refractivity contribution in [3.63, 3.8) is 0 Å². The SMILES string of the molecule is C=CC(C)(C)[C@@H](O)c1cc(CCl)ccc1-c1cc(OC)ccc1F.C=CC(C)(C)[C@@H](O)c1cc(CO)ccc1-c1cc(OC)ccc1F.C=CC(C)(C)[C@H](O)c1cc(CCl)ccc1-c1cc(OC)ccc1F.C=CC(C)(C)[C@H](O)c1cc(CO)ccc1-c1cc(OC)ccc1F. The first kappa shape index (κ1) is 78.7. The maximum absolute atomic E-state index is 14.4. The average Bonchev–Trinajstić information content (AvgIpc) is 0.809. The zero-order valence-electron chi connectivity index (χ0n) is 56.7. The number of ether oxygens (including phenoxy) is 4. The smallest absolute Gasteiger partial charge is 0.131 e. The molecule has 0 saturated heterocycles. The molecule has 0 bridgehead atoms. The molecule has 10 nitrogen and oxygen atoms in total. The summed E-state index contributed by atoms with van der Waals surface area (Å²) >= 11 is 11.9. The summed E-state index contributed by atoms with van der Waals surface area (Å²) < 4.78 is 78.4. The minimum Gasteiger partial charge on any atom is -0.497 e. The summed E-state index contributed by atoms with van der Waals surface area (Å²) in [5.74, 6) is 1.23. The van der Waals surface area contributed by atoms with Crippen LogP contribution in [0, 0.1) is 44.9 Å².